The third kappa shape index (κ3) is 5.26. The number of carbonyl (C=O) groups excluding carboxylic acids is 1. The molecule has 1 aliphatic carbocycles. The van der Waals surface area contributed by atoms with Crippen LogP contribution in [0.15, 0.2) is 18.2 Å². The predicted octanol–water partition coefficient (Wildman–Crippen LogP) is 3.60. The molecule has 0 bridgehead atoms. The number of nitrogens with one attached hydrogen (secondary N) is 1. The fraction of sp³-hybridized carbons (Fsp3) is 0.731. The molecule has 1 aromatic carbocycles. The van der Waals surface area contributed by atoms with Crippen molar-refractivity contribution in [3.63, 3.8) is 0 Å². The first kappa shape index (κ1) is 27.6. The number of hydrogen-bond acceptors (Lipinski definition) is 6. The Morgan fingerprint density at radius 3 is 2.62 bits per heavy atom. The number of para-hydroxylation sites is 1. The molecule has 0 aromatic heterocycles. The van der Waals surface area contributed by atoms with E-state index in [-0.39, 0.29) is 24.0 Å². The van der Waals surface area contributed by atoms with Gasteiger partial charge in [0.15, 0.2) is 0 Å². The first-order valence-corrected chi connectivity index (χ1v) is 13.4. The highest BCUT2D eigenvalue weighted by atomic mass is 127. The molecule has 3 N–H and O–H groups in total. The molecule has 1 aliphatic heterocycles. The molecule has 0 spiro atoms. The van der Waals surface area contributed by atoms with Gasteiger partial charge in [-0.1, -0.05) is 46.8 Å². The van der Waals surface area contributed by atoms with Crippen LogP contribution in [-0.4, -0.2) is 59.2 Å². The molecule has 1 amide bonds. The summed E-state index contributed by atoms with van der Waals surface area (Å²) >= 11 is 2.22. The zero-order valence-electron chi connectivity index (χ0n) is 21.4. The van der Waals surface area contributed by atoms with Gasteiger partial charge < -0.3 is 20.3 Å². The van der Waals surface area contributed by atoms with Crippen LogP contribution in [0.1, 0.15) is 53.5 Å². The molecular weight excluding hydrogens is 547 g/mol. The maximum Gasteiger partial charge on any atom is 0.240 e. The molecule has 8 heteroatoms. The Morgan fingerprint density at radius 2 is 2.03 bits per heavy atom. The highest BCUT2D eigenvalue weighted by Gasteiger charge is 2.51. The summed E-state index contributed by atoms with van der Waals surface area (Å²) in [5.41, 5.74) is 1.08. The quantitative estimate of drug-likeness (QED) is 0.422. The van der Waals surface area contributed by atoms with Crippen molar-refractivity contribution in [2.45, 2.75) is 78.8 Å². The Hall–Kier alpha value is -0.940. The topological polar surface area (TPSA) is 91.3 Å². The summed E-state index contributed by atoms with van der Waals surface area (Å²) in [6, 6.07) is 5.16. The van der Waals surface area contributed by atoms with Gasteiger partial charge in [0.1, 0.15) is 17.9 Å². The fourth-order valence-electron chi connectivity index (χ4n) is 5.78. The third-order valence-electron chi connectivity index (χ3n) is 8.76. The van der Waals surface area contributed by atoms with Crippen molar-refractivity contribution in [1.82, 2.24) is 10.4 Å². The third-order valence-corrected chi connectivity index (χ3v) is 9.61. The summed E-state index contributed by atoms with van der Waals surface area (Å²) in [6.45, 7) is 13.1. The molecule has 0 unspecified atom stereocenters. The monoisotopic (exact) mass is 588 g/mol. The minimum absolute atomic E-state index is 0.0439. The van der Waals surface area contributed by atoms with Gasteiger partial charge in [-0.15, -0.1) is 0 Å². The van der Waals surface area contributed by atoms with Crippen LogP contribution in [0.5, 0.6) is 5.75 Å². The van der Waals surface area contributed by atoms with Gasteiger partial charge in [0.2, 0.25) is 5.91 Å². The van der Waals surface area contributed by atoms with Crippen molar-refractivity contribution < 1.29 is 24.6 Å². The SMILES string of the molecule is COc1c(I)cccc1CN1O[C@@H](CO)[C@@H]([C@H](C)O)[C@H]1C(=O)N[C@H]1C[C@@H](C)C(C)(C)[C@@H](C)[C@@H]1C. The summed E-state index contributed by atoms with van der Waals surface area (Å²) in [6.07, 6.45) is -0.577. The number of carbonyl (C=O) groups is 1. The van der Waals surface area contributed by atoms with Crippen molar-refractivity contribution in [2.75, 3.05) is 13.7 Å². The second-order valence-corrected chi connectivity index (χ2v) is 12.0. The lowest BCUT2D eigenvalue weighted by atomic mass is 9.58. The van der Waals surface area contributed by atoms with E-state index >= 15 is 0 Å². The van der Waals surface area contributed by atoms with Gasteiger partial charge >= 0.3 is 0 Å². The molecule has 34 heavy (non-hydrogen) atoms. The average Bonchev–Trinajstić information content (AvgIpc) is 3.15. The Morgan fingerprint density at radius 1 is 1.35 bits per heavy atom. The van der Waals surface area contributed by atoms with E-state index in [1.807, 2.05) is 18.2 Å². The van der Waals surface area contributed by atoms with Crippen molar-refractivity contribution in [3.05, 3.63) is 27.3 Å². The van der Waals surface area contributed by atoms with E-state index in [1.54, 1.807) is 19.1 Å². The van der Waals surface area contributed by atoms with E-state index in [2.05, 4.69) is 62.5 Å². The van der Waals surface area contributed by atoms with Gasteiger partial charge in [-0.05, 0) is 65.2 Å². The van der Waals surface area contributed by atoms with Crippen molar-refractivity contribution >= 4 is 28.5 Å². The maximum absolute atomic E-state index is 13.8. The number of hydrogen-bond donors (Lipinski definition) is 3. The van der Waals surface area contributed by atoms with Crippen LogP contribution in [0.25, 0.3) is 0 Å². The fourth-order valence-corrected chi connectivity index (χ4v) is 6.56. The number of aliphatic hydroxyl groups is 2. The van der Waals surface area contributed by atoms with Gasteiger partial charge in [0.05, 0.1) is 29.9 Å². The van der Waals surface area contributed by atoms with Gasteiger partial charge in [-0.2, -0.15) is 5.06 Å². The standard InChI is InChI=1S/C26H41IN2O5/c1-14-11-20(15(2)16(3)26(14,5)6)28-25(32)23-22(17(4)31)21(13-30)34-29(23)12-18-9-8-10-19(27)24(18)33-7/h8-10,14-17,20-23,30-31H,11-13H2,1-7H3,(H,28,32)/t14-,15+,16+,17+,20+,21+,22-,23+/m1/s1. The van der Waals surface area contributed by atoms with Crippen molar-refractivity contribution in [2.24, 2.45) is 29.1 Å². The Labute approximate surface area is 217 Å². The normalized spacial score (nSPS) is 34.6. The summed E-state index contributed by atoms with van der Waals surface area (Å²) < 4.78 is 6.56. The molecule has 7 nitrogen and oxygen atoms in total. The van der Waals surface area contributed by atoms with E-state index < -0.39 is 24.2 Å². The van der Waals surface area contributed by atoms with E-state index in [1.165, 1.54) is 0 Å². The predicted molar refractivity (Wildman–Crippen MR) is 140 cm³/mol. The molecule has 0 radical (unpaired) electrons. The molecule has 1 aromatic rings. The van der Waals surface area contributed by atoms with Gasteiger partial charge in [0, 0.05) is 17.5 Å². The zero-order valence-corrected chi connectivity index (χ0v) is 23.6. The van der Waals surface area contributed by atoms with Crippen LogP contribution >= 0.6 is 22.6 Å². The van der Waals surface area contributed by atoms with Crippen LogP contribution in [0.3, 0.4) is 0 Å². The molecule has 8 atom stereocenters. The van der Waals surface area contributed by atoms with Crippen LogP contribution in [-0.2, 0) is 16.2 Å². The lowest BCUT2D eigenvalue weighted by molar-refractivity contribution is -0.182. The Kier molecular flexibility index (Phi) is 8.93. The molecule has 192 valence electrons. The van der Waals surface area contributed by atoms with Crippen molar-refractivity contribution in [1.29, 1.82) is 0 Å². The Balaban J connectivity index is 1.88. The minimum Gasteiger partial charge on any atom is -0.495 e. The molecule has 2 fully saturated rings. The van der Waals surface area contributed by atoms with Crippen LogP contribution in [0.2, 0.25) is 0 Å². The highest BCUT2D eigenvalue weighted by molar-refractivity contribution is 14.1. The highest BCUT2D eigenvalue weighted by Crippen LogP contribution is 2.47. The summed E-state index contributed by atoms with van der Waals surface area (Å²) in [5, 5.41) is 25.5. The van der Waals surface area contributed by atoms with Crippen LogP contribution in [0, 0.1) is 32.7 Å². The van der Waals surface area contributed by atoms with Gasteiger partial charge in [0.25, 0.3) is 0 Å². The molecule has 1 saturated carbocycles. The number of hydroxylamine groups is 2. The first-order chi connectivity index (χ1) is 15.9. The number of ether oxygens (including phenoxy) is 1. The summed E-state index contributed by atoms with van der Waals surface area (Å²) in [7, 11) is 1.62. The average molecular weight is 589 g/mol. The lowest BCUT2D eigenvalue weighted by Crippen LogP contribution is -2.56. The number of methoxy groups -OCH3 is 1. The van der Waals surface area contributed by atoms with Gasteiger partial charge in [-0.25, -0.2) is 0 Å². The number of benzene rings is 1. The van der Waals surface area contributed by atoms with E-state index in [0.29, 0.717) is 24.3 Å². The van der Waals surface area contributed by atoms with Crippen molar-refractivity contribution in [3.8, 4) is 5.75 Å². The second kappa shape index (κ2) is 11.0. The number of aliphatic hydroxyl groups excluding tert-OH is 2. The van der Waals surface area contributed by atoms with Gasteiger partial charge in [-0.3, -0.25) is 9.63 Å². The smallest absolute Gasteiger partial charge is 0.240 e. The lowest BCUT2D eigenvalue weighted by Gasteiger charge is -2.50. The van der Waals surface area contributed by atoms with Crippen LogP contribution in [0.4, 0.5) is 0 Å². The maximum atomic E-state index is 13.8. The molecule has 2 aliphatic rings. The number of nitrogens with zero attached hydrogens (tertiary/aromatic N) is 1. The number of halogens is 1. The zero-order chi connectivity index (χ0) is 25.4. The second-order valence-electron chi connectivity index (χ2n) is 10.8. The Bertz CT molecular complexity index is 864. The molecular formula is C26H41IN2O5. The molecule has 1 saturated heterocycles. The largest absolute Gasteiger partial charge is 0.495 e. The van der Waals surface area contributed by atoms with E-state index in [0.717, 1.165) is 21.3 Å². The summed E-state index contributed by atoms with van der Waals surface area (Å²) in [5.74, 6) is 1.25. The minimum atomic E-state index is -0.823. The first-order valence-electron chi connectivity index (χ1n) is 12.3. The van der Waals surface area contributed by atoms with E-state index in [4.69, 9.17) is 9.57 Å². The molecule has 3 rings (SSSR count). The van der Waals surface area contributed by atoms with Crippen LogP contribution < -0.4 is 10.1 Å². The number of rotatable bonds is 7. The number of amides is 1. The summed E-state index contributed by atoms with van der Waals surface area (Å²) in [4.78, 5) is 19.8. The molecule has 1 heterocycles. The van der Waals surface area contributed by atoms with E-state index in [9.17, 15) is 15.0 Å².